The van der Waals surface area contributed by atoms with E-state index >= 15 is 0 Å². The largest absolute Gasteiger partial charge is 0.497 e. The second-order valence-electron chi connectivity index (χ2n) is 3.17. The molecule has 0 saturated heterocycles. The molecular weight excluding hydrogens is 242 g/mol. The van der Waals surface area contributed by atoms with Crippen molar-refractivity contribution in [2.75, 3.05) is 7.11 Å². The summed E-state index contributed by atoms with van der Waals surface area (Å²) in [4.78, 5) is 11.3. The lowest BCUT2D eigenvalue weighted by Gasteiger charge is -2.05. The van der Waals surface area contributed by atoms with Gasteiger partial charge in [0.15, 0.2) is 0 Å². The van der Waals surface area contributed by atoms with Gasteiger partial charge in [-0.3, -0.25) is 0 Å². The third kappa shape index (κ3) is 3.29. The smallest absolute Gasteiger partial charge is 0.321 e. The molecule has 0 spiro atoms. The standard InChI is InChI=1S/C11H10ClN3O2/c1-16-9-4-2-8(3-5-9)6-17-11-14-7-13-10(12)15-11/h2-5,7H,6H2,1H3. The summed E-state index contributed by atoms with van der Waals surface area (Å²) in [5, 5.41) is 0.115. The van der Waals surface area contributed by atoms with Gasteiger partial charge in [-0.1, -0.05) is 12.1 Å². The molecule has 88 valence electrons. The predicted molar refractivity (Wildman–Crippen MR) is 62.2 cm³/mol. The van der Waals surface area contributed by atoms with Crippen molar-refractivity contribution in [1.29, 1.82) is 0 Å². The molecule has 0 aliphatic rings. The summed E-state index contributed by atoms with van der Waals surface area (Å²) in [5.74, 6) is 0.803. The zero-order valence-electron chi connectivity index (χ0n) is 9.13. The first-order valence-corrected chi connectivity index (χ1v) is 5.26. The van der Waals surface area contributed by atoms with Gasteiger partial charge in [-0.15, -0.1) is 0 Å². The highest BCUT2D eigenvalue weighted by atomic mass is 35.5. The molecule has 0 aliphatic heterocycles. The zero-order chi connectivity index (χ0) is 12.1. The monoisotopic (exact) mass is 251 g/mol. The van der Waals surface area contributed by atoms with Crippen LogP contribution in [-0.2, 0) is 6.61 Å². The minimum absolute atomic E-state index is 0.115. The normalized spacial score (nSPS) is 10.0. The van der Waals surface area contributed by atoms with Gasteiger partial charge in [-0.2, -0.15) is 9.97 Å². The van der Waals surface area contributed by atoms with E-state index < -0.39 is 0 Å². The average Bonchev–Trinajstić information content (AvgIpc) is 2.37. The van der Waals surface area contributed by atoms with Crippen LogP contribution in [0.4, 0.5) is 0 Å². The average molecular weight is 252 g/mol. The van der Waals surface area contributed by atoms with E-state index in [0.717, 1.165) is 11.3 Å². The Morgan fingerprint density at radius 2 is 1.94 bits per heavy atom. The molecule has 5 nitrogen and oxygen atoms in total. The van der Waals surface area contributed by atoms with Crippen molar-refractivity contribution in [2.45, 2.75) is 6.61 Å². The van der Waals surface area contributed by atoms with Crippen LogP contribution in [0.3, 0.4) is 0 Å². The van der Waals surface area contributed by atoms with Gasteiger partial charge < -0.3 is 9.47 Å². The Morgan fingerprint density at radius 1 is 1.18 bits per heavy atom. The molecule has 0 N–H and O–H groups in total. The van der Waals surface area contributed by atoms with Gasteiger partial charge in [0, 0.05) is 0 Å². The summed E-state index contributed by atoms with van der Waals surface area (Å²) in [7, 11) is 1.62. The highest BCUT2D eigenvalue weighted by molar-refractivity contribution is 6.28. The first kappa shape index (κ1) is 11.6. The van der Waals surface area contributed by atoms with E-state index in [-0.39, 0.29) is 11.3 Å². The Morgan fingerprint density at radius 3 is 2.59 bits per heavy atom. The minimum Gasteiger partial charge on any atom is -0.497 e. The predicted octanol–water partition coefficient (Wildman–Crippen LogP) is 2.11. The molecular formula is C11H10ClN3O2. The fourth-order valence-electron chi connectivity index (χ4n) is 1.20. The van der Waals surface area contributed by atoms with E-state index in [4.69, 9.17) is 21.1 Å². The lowest BCUT2D eigenvalue weighted by Crippen LogP contribution is -2.00. The number of benzene rings is 1. The Labute approximate surface area is 103 Å². The van der Waals surface area contributed by atoms with E-state index in [9.17, 15) is 0 Å². The molecule has 0 fully saturated rings. The molecule has 1 aromatic heterocycles. The van der Waals surface area contributed by atoms with Crippen LogP contribution in [0, 0.1) is 0 Å². The fraction of sp³-hybridized carbons (Fsp3) is 0.182. The maximum atomic E-state index is 5.61. The summed E-state index contributed by atoms with van der Waals surface area (Å²) in [6, 6.07) is 7.74. The van der Waals surface area contributed by atoms with Crippen molar-refractivity contribution in [1.82, 2.24) is 15.0 Å². The highest BCUT2D eigenvalue weighted by Crippen LogP contribution is 2.13. The summed E-state index contributed by atoms with van der Waals surface area (Å²) < 4.78 is 10.4. The van der Waals surface area contributed by atoms with Crippen molar-refractivity contribution in [3.8, 4) is 11.8 Å². The highest BCUT2D eigenvalue weighted by Gasteiger charge is 2.00. The molecule has 0 saturated carbocycles. The molecule has 0 radical (unpaired) electrons. The number of aromatic nitrogens is 3. The zero-order valence-corrected chi connectivity index (χ0v) is 9.89. The van der Waals surface area contributed by atoms with Gasteiger partial charge in [-0.25, -0.2) is 4.98 Å². The van der Waals surface area contributed by atoms with E-state index in [1.165, 1.54) is 6.33 Å². The third-order valence-corrected chi connectivity index (χ3v) is 2.23. The third-order valence-electron chi connectivity index (χ3n) is 2.05. The number of hydrogen-bond acceptors (Lipinski definition) is 5. The number of methoxy groups -OCH3 is 1. The summed E-state index contributed by atoms with van der Waals surface area (Å²) in [5.41, 5.74) is 0.988. The summed E-state index contributed by atoms with van der Waals surface area (Å²) >= 11 is 5.61. The SMILES string of the molecule is COc1ccc(COc2ncnc(Cl)n2)cc1. The quantitative estimate of drug-likeness (QED) is 0.833. The molecule has 0 bridgehead atoms. The molecule has 6 heteroatoms. The van der Waals surface area contributed by atoms with Crippen molar-refractivity contribution in [3.63, 3.8) is 0 Å². The van der Waals surface area contributed by atoms with Crippen LogP contribution in [0.15, 0.2) is 30.6 Å². The molecule has 1 heterocycles. The lowest BCUT2D eigenvalue weighted by atomic mass is 10.2. The number of nitrogens with zero attached hydrogens (tertiary/aromatic N) is 3. The molecule has 0 aliphatic carbocycles. The van der Waals surface area contributed by atoms with Gasteiger partial charge in [0.25, 0.3) is 0 Å². The maximum Gasteiger partial charge on any atom is 0.321 e. The van der Waals surface area contributed by atoms with E-state index in [2.05, 4.69) is 15.0 Å². The Kier molecular flexibility index (Phi) is 3.72. The summed E-state index contributed by atoms with van der Waals surface area (Å²) in [6.07, 6.45) is 1.30. The van der Waals surface area contributed by atoms with Crippen molar-refractivity contribution in [2.24, 2.45) is 0 Å². The van der Waals surface area contributed by atoms with Gasteiger partial charge in [-0.05, 0) is 29.3 Å². The van der Waals surface area contributed by atoms with Crippen LogP contribution in [0.25, 0.3) is 0 Å². The lowest BCUT2D eigenvalue weighted by molar-refractivity contribution is 0.279. The van der Waals surface area contributed by atoms with Gasteiger partial charge in [0.2, 0.25) is 5.28 Å². The molecule has 17 heavy (non-hydrogen) atoms. The number of ether oxygens (including phenoxy) is 2. The Hall–Kier alpha value is -1.88. The van der Waals surface area contributed by atoms with Crippen molar-refractivity contribution in [3.05, 3.63) is 41.4 Å². The summed E-state index contributed by atoms with van der Waals surface area (Å²) in [6.45, 7) is 0.365. The molecule has 0 atom stereocenters. The molecule has 2 rings (SSSR count). The van der Waals surface area contributed by atoms with Gasteiger partial charge in [0.1, 0.15) is 18.7 Å². The second kappa shape index (κ2) is 5.45. The maximum absolute atomic E-state index is 5.61. The van der Waals surface area contributed by atoms with Crippen LogP contribution >= 0.6 is 11.6 Å². The van der Waals surface area contributed by atoms with Crippen LogP contribution in [0.5, 0.6) is 11.8 Å². The minimum atomic E-state index is 0.115. The fourth-order valence-corrected chi connectivity index (χ4v) is 1.32. The van der Waals surface area contributed by atoms with Crippen LogP contribution in [-0.4, -0.2) is 22.1 Å². The first-order valence-electron chi connectivity index (χ1n) is 4.88. The molecule has 0 amide bonds. The van der Waals surface area contributed by atoms with Crippen LogP contribution in [0.2, 0.25) is 5.28 Å². The molecule has 1 aromatic carbocycles. The van der Waals surface area contributed by atoms with Crippen molar-refractivity contribution < 1.29 is 9.47 Å². The van der Waals surface area contributed by atoms with E-state index in [1.807, 2.05) is 24.3 Å². The van der Waals surface area contributed by atoms with Crippen LogP contribution in [0.1, 0.15) is 5.56 Å². The number of hydrogen-bond donors (Lipinski definition) is 0. The number of halogens is 1. The second-order valence-corrected chi connectivity index (χ2v) is 3.51. The van der Waals surface area contributed by atoms with E-state index in [0.29, 0.717) is 6.61 Å². The van der Waals surface area contributed by atoms with Gasteiger partial charge >= 0.3 is 6.01 Å². The van der Waals surface area contributed by atoms with Gasteiger partial charge in [0.05, 0.1) is 7.11 Å². The first-order chi connectivity index (χ1) is 8.28. The Bertz CT molecular complexity index is 490. The van der Waals surface area contributed by atoms with E-state index in [1.54, 1.807) is 7.11 Å². The van der Waals surface area contributed by atoms with Crippen molar-refractivity contribution >= 4 is 11.6 Å². The Balaban J connectivity index is 1.97. The number of rotatable bonds is 4. The molecule has 2 aromatic rings. The van der Waals surface area contributed by atoms with Crippen LogP contribution < -0.4 is 9.47 Å². The topological polar surface area (TPSA) is 57.1 Å². The molecule has 0 unspecified atom stereocenters.